The molecule has 1 N–H and O–H groups in total. The fourth-order valence-corrected chi connectivity index (χ4v) is 1.94. The molecule has 0 aliphatic rings. The molecule has 0 amide bonds. The first kappa shape index (κ1) is 13.4. The van der Waals surface area contributed by atoms with Gasteiger partial charge in [-0.2, -0.15) is 0 Å². The number of ether oxygens (including phenoxy) is 1. The largest absolute Gasteiger partial charge is 0.469 e. The van der Waals surface area contributed by atoms with Gasteiger partial charge in [-0.15, -0.1) is 0 Å². The standard InChI is InChI=1S/C11H22O3/c1-5-8-11(13,7-3)9(6-2)10(12)14-4/h9,13H,5-8H2,1-4H3. The van der Waals surface area contributed by atoms with Crippen LogP contribution in [-0.4, -0.2) is 23.8 Å². The highest BCUT2D eigenvalue weighted by Crippen LogP contribution is 2.30. The van der Waals surface area contributed by atoms with Crippen LogP contribution < -0.4 is 0 Å². The van der Waals surface area contributed by atoms with E-state index in [9.17, 15) is 9.90 Å². The zero-order chi connectivity index (χ0) is 11.2. The van der Waals surface area contributed by atoms with Crippen LogP contribution in [0.5, 0.6) is 0 Å². The molecule has 0 aliphatic heterocycles. The molecule has 0 aromatic carbocycles. The minimum atomic E-state index is -0.892. The molecule has 0 rings (SSSR count). The first-order valence-corrected chi connectivity index (χ1v) is 5.35. The molecule has 0 bridgehead atoms. The van der Waals surface area contributed by atoms with Gasteiger partial charge in [0.25, 0.3) is 0 Å². The number of aliphatic hydroxyl groups is 1. The van der Waals surface area contributed by atoms with Gasteiger partial charge in [-0.25, -0.2) is 0 Å². The quantitative estimate of drug-likeness (QED) is 0.671. The van der Waals surface area contributed by atoms with Gasteiger partial charge in [0.15, 0.2) is 0 Å². The van der Waals surface area contributed by atoms with Gasteiger partial charge in [0.2, 0.25) is 0 Å². The number of esters is 1. The summed E-state index contributed by atoms with van der Waals surface area (Å²) < 4.78 is 4.70. The third kappa shape index (κ3) is 2.98. The van der Waals surface area contributed by atoms with Gasteiger partial charge in [0.1, 0.15) is 0 Å². The van der Waals surface area contributed by atoms with Crippen molar-refractivity contribution in [1.82, 2.24) is 0 Å². The number of methoxy groups -OCH3 is 1. The molecule has 2 unspecified atom stereocenters. The minimum absolute atomic E-state index is 0.301. The van der Waals surface area contributed by atoms with Crippen LogP contribution in [0.2, 0.25) is 0 Å². The van der Waals surface area contributed by atoms with Crippen LogP contribution in [0.1, 0.15) is 46.5 Å². The van der Waals surface area contributed by atoms with E-state index < -0.39 is 11.5 Å². The lowest BCUT2D eigenvalue weighted by Gasteiger charge is -2.32. The second-order valence-electron chi connectivity index (χ2n) is 3.69. The Kier molecular flexibility index (Phi) is 5.77. The molecule has 0 spiro atoms. The molecule has 84 valence electrons. The number of rotatable bonds is 6. The van der Waals surface area contributed by atoms with E-state index in [0.29, 0.717) is 19.3 Å². The Morgan fingerprint density at radius 3 is 2.29 bits per heavy atom. The van der Waals surface area contributed by atoms with E-state index in [1.54, 1.807) is 0 Å². The Morgan fingerprint density at radius 2 is 2.00 bits per heavy atom. The summed E-state index contributed by atoms with van der Waals surface area (Å²) in [5, 5.41) is 10.3. The Hall–Kier alpha value is -0.570. The zero-order valence-corrected chi connectivity index (χ0v) is 9.67. The van der Waals surface area contributed by atoms with Crippen molar-refractivity contribution in [3.05, 3.63) is 0 Å². The van der Waals surface area contributed by atoms with Crippen molar-refractivity contribution < 1.29 is 14.6 Å². The zero-order valence-electron chi connectivity index (χ0n) is 9.67. The predicted octanol–water partition coefficient (Wildman–Crippen LogP) is 2.13. The van der Waals surface area contributed by atoms with E-state index in [1.165, 1.54) is 7.11 Å². The van der Waals surface area contributed by atoms with E-state index in [0.717, 1.165) is 6.42 Å². The molecule has 0 aromatic heterocycles. The number of carbonyl (C=O) groups is 1. The first-order chi connectivity index (χ1) is 6.55. The predicted molar refractivity (Wildman–Crippen MR) is 55.9 cm³/mol. The molecule has 2 atom stereocenters. The third-order valence-corrected chi connectivity index (χ3v) is 2.84. The lowest BCUT2D eigenvalue weighted by atomic mass is 9.80. The normalized spacial score (nSPS) is 17.2. The summed E-state index contributed by atoms with van der Waals surface area (Å²) >= 11 is 0. The van der Waals surface area contributed by atoms with Crippen molar-refractivity contribution in [2.75, 3.05) is 7.11 Å². The van der Waals surface area contributed by atoms with Crippen LogP contribution in [0, 0.1) is 5.92 Å². The van der Waals surface area contributed by atoms with Gasteiger partial charge in [0, 0.05) is 0 Å². The van der Waals surface area contributed by atoms with Gasteiger partial charge >= 0.3 is 5.97 Å². The maximum absolute atomic E-state index is 11.4. The molecular formula is C11H22O3. The van der Waals surface area contributed by atoms with Gasteiger partial charge in [0.05, 0.1) is 18.6 Å². The van der Waals surface area contributed by atoms with Gasteiger partial charge in [-0.05, 0) is 19.3 Å². The third-order valence-electron chi connectivity index (χ3n) is 2.84. The summed E-state index contributed by atoms with van der Waals surface area (Å²) in [6.07, 6.45) is 2.74. The fraction of sp³-hybridized carbons (Fsp3) is 0.909. The summed E-state index contributed by atoms with van der Waals surface area (Å²) in [4.78, 5) is 11.4. The highest BCUT2D eigenvalue weighted by Gasteiger charge is 2.38. The summed E-state index contributed by atoms with van der Waals surface area (Å²) in [5.41, 5.74) is -0.892. The van der Waals surface area contributed by atoms with E-state index >= 15 is 0 Å². The summed E-state index contributed by atoms with van der Waals surface area (Å²) in [6, 6.07) is 0. The smallest absolute Gasteiger partial charge is 0.311 e. The Morgan fingerprint density at radius 1 is 1.43 bits per heavy atom. The molecule has 0 heterocycles. The van der Waals surface area contributed by atoms with E-state index in [1.807, 2.05) is 20.8 Å². The Labute approximate surface area is 86.5 Å². The van der Waals surface area contributed by atoms with Crippen LogP contribution >= 0.6 is 0 Å². The van der Waals surface area contributed by atoms with Gasteiger partial charge < -0.3 is 9.84 Å². The van der Waals surface area contributed by atoms with Crippen LogP contribution in [0.15, 0.2) is 0 Å². The lowest BCUT2D eigenvalue weighted by molar-refractivity contribution is -0.157. The molecule has 0 aliphatic carbocycles. The molecular weight excluding hydrogens is 180 g/mol. The van der Waals surface area contributed by atoms with Crippen molar-refractivity contribution in [1.29, 1.82) is 0 Å². The SMILES string of the molecule is CCCC(O)(CC)C(CC)C(=O)OC. The van der Waals surface area contributed by atoms with Gasteiger partial charge in [-0.3, -0.25) is 4.79 Å². The second kappa shape index (κ2) is 6.02. The van der Waals surface area contributed by atoms with Crippen molar-refractivity contribution >= 4 is 5.97 Å². The maximum atomic E-state index is 11.4. The maximum Gasteiger partial charge on any atom is 0.311 e. The number of hydrogen-bond acceptors (Lipinski definition) is 3. The van der Waals surface area contributed by atoms with E-state index in [2.05, 4.69) is 0 Å². The van der Waals surface area contributed by atoms with Crippen molar-refractivity contribution in [2.24, 2.45) is 5.92 Å². The molecule has 14 heavy (non-hydrogen) atoms. The lowest BCUT2D eigenvalue weighted by Crippen LogP contribution is -2.42. The minimum Gasteiger partial charge on any atom is -0.469 e. The van der Waals surface area contributed by atoms with Crippen LogP contribution in [0.25, 0.3) is 0 Å². The van der Waals surface area contributed by atoms with Crippen molar-refractivity contribution in [2.45, 2.75) is 52.1 Å². The average Bonchev–Trinajstić information content (AvgIpc) is 2.19. The summed E-state index contributed by atoms with van der Waals surface area (Å²) in [5.74, 6) is -0.692. The number of hydrogen-bond donors (Lipinski definition) is 1. The van der Waals surface area contributed by atoms with Crippen molar-refractivity contribution in [3.63, 3.8) is 0 Å². The molecule has 0 saturated heterocycles. The topological polar surface area (TPSA) is 46.5 Å². The average molecular weight is 202 g/mol. The van der Waals surface area contributed by atoms with Crippen LogP contribution in [0.4, 0.5) is 0 Å². The second-order valence-corrected chi connectivity index (χ2v) is 3.69. The summed E-state index contributed by atoms with van der Waals surface area (Å²) in [7, 11) is 1.37. The molecule has 3 heteroatoms. The highest BCUT2D eigenvalue weighted by molar-refractivity contribution is 5.73. The summed E-state index contributed by atoms with van der Waals surface area (Å²) in [6.45, 7) is 5.81. The number of carbonyl (C=O) groups excluding carboxylic acids is 1. The Bertz CT molecular complexity index is 179. The van der Waals surface area contributed by atoms with Crippen LogP contribution in [-0.2, 0) is 9.53 Å². The van der Waals surface area contributed by atoms with E-state index in [4.69, 9.17) is 4.74 Å². The molecule has 3 nitrogen and oxygen atoms in total. The van der Waals surface area contributed by atoms with Crippen molar-refractivity contribution in [3.8, 4) is 0 Å². The highest BCUT2D eigenvalue weighted by atomic mass is 16.5. The molecule has 0 radical (unpaired) electrons. The first-order valence-electron chi connectivity index (χ1n) is 5.35. The van der Waals surface area contributed by atoms with Crippen LogP contribution in [0.3, 0.4) is 0 Å². The molecule has 0 aromatic rings. The molecule has 0 fully saturated rings. The van der Waals surface area contributed by atoms with E-state index in [-0.39, 0.29) is 5.97 Å². The Balaban J connectivity index is 4.66. The monoisotopic (exact) mass is 202 g/mol. The molecule has 0 saturated carbocycles. The fourth-order valence-electron chi connectivity index (χ4n) is 1.94. The van der Waals surface area contributed by atoms with Gasteiger partial charge in [-0.1, -0.05) is 27.2 Å².